The highest BCUT2D eigenvalue weighted by molar-refractivity contribution is 14.0. The Morgan fingerprint density at radius 3 is 2.60 bits per heavy atom. The first-order chi connectivity index (χ1) is 11.6. The van der Waals surface area contributed by atoms with E-state index in [9.17, 15) is 4.79 Å². The van der Waals surface area contributed by atoms with Crippen LogP contribution in [-0.2, 0) is 9.53 Å². The van der Waals surface area contributed by atoms with Crippen molar-refractivity contribution in [2.45, 2.75) is 39.2 Å². The molecule has 1 unspecified atom stereocenters. The highest BCUT2D eigenvalue weighted by Crippen LogP contribution is 2.17. The van der Waals surface area contributed by atoms with E-state index in [2.05, 4.69) is 20.4 Å². The summed E-state index contributed by atoms with van der Waals surface area (Å²) < 4.78 is 10.5. The molecule has 0 aliphatic heterocycles. The van der Waals surface area contributed by atoms with Crippen LogP contribution in [0.5, 0.6) is 5.75 Å². The van der Waals surface area contributed by atoms with Crippen molar-refractivity contribution >= 4 is 35.9 Å². The summed E-state index contributed by atoms with van der Waals surface area (Å²) in [6.45, 7) is 5.45. The van der Waals surface area contributed by atoms with Crippen molar-refractivity contribution < 1.29 is 14.3 Å². The van der Waals surface area contributed by atoms with Crippen LogP contribution in [0.15, 0.2) is 29.3 Å². The summed E-state index contributed by atoms with van der Waals surface area (Å²) in [4.78, 5) is 15.2. The van der Waals surface area contributed by atoms with Gasteiger partial charge in [0.25, 0.3) is 0 Å². The van der Waals surface area contributed by atoms with E-state index < -0.39 is 0 Å². The summed E-state index contributed by atoms with van der Waals surface area (Å²) >= 11 is 0. The third-order valence-electron chi connectivity index (χ3n) is 3.53. The first-order valence-electron chi connectivity index (χ1n) is 8.30. The monoisotopic (exact) mass is 463 g/mol. The lowest BCUT2D eigenvalue weighted by Gasteiger charge is -2.18. The maximum Gasteiger partial charge on any atom is 0.305 e. The Morgan fingerprint density at radius 1 is 1.24 bits per heavy atom. The first-order valence-corrected chi connectivity index (χ1v) is 8.30. The molecule has 142 valence electrons. The summed E-state index contributed by atoms with van der Waals surface area (Å²) in [7, 11) is 3.14. The lowest BCUT2D eigenvalue weighted by Crippen LogP contribution is -2.42. The van der Waals surface area contributed by atoms with Gasteiger partial charge in [-0.25, -0.2) is 0 Å². The lowest BCUT2D eigenvalue weighted by molar-refractivity contribution is -0.140. The van der Waals surface area contributed by atoms with E-state index in [1.165, 1.54) is 7.11 Å². The second-order valence-electron chi connectivity index (χ2n) is 5.61. The zero-order chi connectivity index (χ0) is 17.8. The van der Waals surface area contributed by atoms with Gasteiger partial charge in [0.1, 0.15) is 11.9 Å². The van der Waals surface area contributed by atoms with E-state index in [1.54, 1.807) is 7.05 Å². The minimum absolute atomic E-state index is 0. The van der Waals surface area contributed by atoms with Gasteiger partial charge in [0.15, 0.2) is 5.96 Å². The largest absolute Gasteiger partial charge is 0.489 e. The van der Waals surface area contributed by atoms with Crippen LogP contribution in [0.1, 0.15) is 31.7 Å². The number of unbranched alkanes of at least 4 members (excludes halogenated alkanes) is 1. The number of para-hydroxylation sites is 1. The van der Waals surface area contributed by atoms with Gasteiger partial charge in [-0.15, -0.1) is 24.0 Å². The van der Waals surface area contributed by atoms with Gasteiger partial charge < -0.3 is 20.1 Å². The van der Waals surface area contributed by atoms with Crippen molar-refractivity contribution in [3.63, 3.8) is 0 Å². The quantitative estimate of drug-likeness (QED) is 0.194. The van der Waals surface area contributed by atoms with E-state index in [1.807, 2.05) is 38.1 Å². The fourth-order valence-electron chi connectivity index (χ4n) is 2.11. The molecule has 7 heteroatoms. The maximum atomic E-state index is 11.0. The molecule has 0 aromatic heterocycles. The van der Waals surface area contributed by atoms with Crippen LogP contribution in [0.3, 0.4) is 0 Å². The summed E-state index contributed by atoms with van der Waals surface area (Å²) in [5, 5.41) is 6.46. The molecule has 0 heterocycles. The van der Waals surface area contributed by atoms with Gasteiger partial charge in [-0.1, -0.05) is 18.2 Å². The average Bonchev–Trinajstić information content (AvgIpc) is 2.59. The van der Waals surface area contributed by atoms with Crippen LogP contribution in [0, 0.1) is 6.92 Å². The normalized spacial score (nSPS) is 11.9. The number of hydrogen-bond acceptors (Lipinski definition) is 4. The number of carbonyl (C=O) groups excluding carboxylic acids is 1. The smallest absolute Gasteiger partial charge is 0.305 e. The highest BCUT2D eigenvalue weighted by Gasteiger charge is 2.07. The molecule has 6 nitrogen and oxygen atoms in total. The Kier molecular flexibility index (Phi) is 12.9. The molecule has 0 spiro atoms. The van der Waals surface area contributed by atoms with Crippen molar-refractivity contribution in [2.75, 3.05) is 27.2 Å². The number of hydrogen-bond donors (Lipinski definition) is 2. The molecular weight excluding hydrogens is 433 g/mol. The van der Waals surface area contributed by atoms with Crippen molar-refractivity contribution in [1.29, 1.82) is 0 Å². The minimum atomic E-state index is -0.167. The molecule has 0 saturated heterocycles. The van der Waals surface area contributed by atoms with Gasteiger partial charge >= 0.3 is 5.97 Å². The van der Waals surface area contributed by atoms with Crippen LogP contribution < -0.4 is 15.4 Å². The van der Waals surface area contributed by atoms with Crippen LogP contribution >= 0.6 is 24.0 Å². The van der Waals surface area contributed by atoms with Gasteiger partial charge in [-0.05, 0) is 38.3 Å². The highest BCUT2D eigenvalue weighted by atomic mass is 127. The van der Waals surface area contributed by atoms with Gasteiger partial charge in [-0.3, -0.25) is 9.79 Å². The van der Waals surface area contributed by atoms with E-state index in [4.69, 9.17) is 4.74 Å². The van der Waals surface area contributed by atoms with Crippen molar-refractivity contribution in [3.8, 4) is 5.75 Å². The van der Waals surface area contributed by atoms with Crippen molar-refractivity contribution in [2.24, 2.45) is 4.99 Å². The van der Waals surface area contributed by atoms with Crippen LogP contribution in [0.25, 0.3) is 0 Å². The Bertz CT molecular complexity index is 538. The van der Waals surface area contributed by atoms with E-state index in [0.717, 1.165) is 36.7 Å². The number of halogens is 1. The van der Waals surface area contributed by atoms with Crippen molar-refractivity contribution in [3.05, 3.63) is 29.8 Å². The van der Waals surface area contributed by atoms with E-state index >= 15 is 0 Å². The topological polar surface area (TPSA) is 72.0 Å². The lowest BCUT2D eigenvalue weighted by atomic mass is 10.2. The predicted octanol–water partition coefficient (Wildman–Crippen LogP) is 2.89. The van der Waals surface area contributed by atoms with Gasteiger partial charge in [-0.2, -0.15) is 0 Å². The third-order valence-corrected chi connectivity index (χ3v) is 3.53. The summed E-state index contributed by atoms with van der Waals surface area (Å²) in [5.41, 5.74) is 1.12. The number of ether oxygens (including phenoxy) is 2. The number of guanidine groups is 1. The number of nitrogens with zero attached hydrogens (tertiary/aromatic N) is 1. The number of benzene rings is 1. The molecule has 1 aromatic carbocycles. The van der Waals surface area contributed by atoms with E-state index in [-0.39, 0.29) is 36.0 Å². The Labute approximate surface area is 167 Å². The molecule has 2 N–H and O–H groups in total. The van der Waals surface area contributed by atoms with Gasteiger partial charge in [0, 0.05) is 20.0 Å². The van der Waals surface area contributed by atoms with Gasteiger partial charge in [0.05, 0.1) is 13.7 Å². The number of nitrogens with one attached hydrogen (secondary N) is 2. The van der Waals surface area contributed by atoms with Crippen LogP contribution in [-0.4, -0.2) is 45.3 Å². The van der Waals surface area contributed by atoms with E-state index in [0.29, 0.717) is 13.0 Å². The average molecular weight is 463 g/mol. The molecule has 0 aliphatic carbocycles. The van der Waals surface area contributed by atoms with Gasteiger partial charge in [0.2, 0.25) is 0 Å². The number of aliphatic imine (C=N–C) groups is 1. The molecule has 0 fully saturated rings. The van der Waals surface area contributed by atoms with Crippen LogP contribution in [0.4, 0.5) is 0 Å². The maximum absolute atomic E-state index is 11.0. The fraction of sp³-hybridized carbons (Fsp3) is 0.556. The molecule has 0 saturated carbocycles. The number of aryl methyl sites for hydroxylation is 1. The number of carbonyl (C=O) groups is 1. The summed E-state index contributed by atoms with van der Waals surface area (Å²) in [6.07, 6.45) is 2.14. The molecule has 25 heavy (non-hydrogen) atoms. The number of methoxy groups -OCH3 is 1. The summed E-state index contributed by atoms with van der Waals surface area (Å²) in [5.74, 6) is 1.46. The molecule has 0 aliphatic rings. The second-order valence-corrected chi connectivity index (χ2v) is 5.61. The zero-order valence-electron chi connectivity index (χ0n) is 15.5. The molecule has 1 rings (SSSR count). The Balaban J connectivity index is 0.00000576. The second kappa shape index (κ2) is 13.7. The van der Waals surface area contributed by atoms with Crippen molar-refractivity contribution in [1.82, 2.24) is 10.6 Å². The summed E-state index contributed by atoms with van der Waals surface area (Å²) in [6, 6.07) is 7.97. The predicted molar refractivity (Wildman–Crippen MR) is 112 cm³/mol. The Hall–Kier alpha value is -1.51. The SMILES string of the molecule is CN=C(NCCCCC(=O)OC)NCC(C)Oc1ccccc1C.I. The fourth-order valence-corrected chi connectivity index (χ4v) is 2.11. The molecule has 0 radical (unpaired) electrons. The first kappa shape index (κ1) is 23.5. The standard InChI is InChI=1S/C18H29N3O3.HI/c1-14-9-5-6-10-16(14)24-15(2)13-21-18(19-3)20-12-8-7-11-17(22)23-4;/h5-6,9-10,15H,7-8,11-13H2,1-4H3,(H2,19,20,21);1H. The Morgan fingerprint density at radius 2 is 1.96 bits per heavy atom. The zero-order valence-corrected chi connectivity index (χ0v) is 17.8. The third kappa shape index (κ3) is 10.2. The molecular formula is C18H30IN3O3. The molecule has 0 amide bonds. The van der Waals surface area contributed by atoms with Crippen LogP contribution in [0.2, 0.25) is 0 Å². The number of rotatable bonds is 9. The molecule has 0 bridgehead atoms. The molecule has 1 aromatic rings. The minimum Gasteiger partial charge on any atom is -0.489 e. The molecule has 1 atom stereocenters. The number of esters is 1.